The molecule has 2 saturated heterocycles. The molecular formula is C50H62ClN9O7S2. The van der Waals surface area contributed by atoms with Gasteiger partial charge in [0.2, 0.25) is 0 Å². The number of rotatable bonds is 16. The Morgan fingerprint density at radius 1 is 0.986 bits per heavy atom. The van der Waals surface area contributed by atoms with Crippen LogP contribution in [0.1, 0.15) is 75.2 Å². The summed E-state index contributed by atoms with van der Waals surface area (Å²) in [5, 5.41) is 17.0. The third kappa shape index (κ3) is 12.8. The number of halogens is 1. The van der Waals surface area contributed by atoms with E-state index in [9.17, 15) is 27.5 Å². The number of aromatic amines is 1. The van der Waals surface area contributed by atoms with Crippen LogP contribution in [0.5, 0.6) is 11.5 Å². The van der Waals surface area contributed by atoms with E-state index < -0.39 is 41.2 Å². The summed E-state index contributed by atoms with van der Waals surface area (Å²) in [4.78, 5) is 39.8. The van der Waals surface area contributed by atoms with Crippen molar-refractivity contribution in [1.29, 1.82) is 0 Å². The zero-order chi connectivity index (χ0) is 49.1. The Balaban J connectivity index is 0.956. The lowest BCUT2D eigenvalue weighted by Gasteiger charge is -2.39. The fourth-order valence-electron chi connectivity index (χ4n) is 9.49. The Morgan fingerprint density at radius 2 is 1.72 bits per heavy atom. The molecule has 2 fully saturated rings. The van der Waals surface area contributed by atoms with Crippen molar-refractivity contribution in [2.75, 3.05) is 75.1 Å². The van der Waals surface area contributed by atoms with Crippen molar-refractivity contribution >= 4 is 70.9 Å². The maximum absolute atomic E-state index is 14.0. The molecule has 3 aliphatic rings. The number of hydrogen-bond acceptors (Lipinski definition) is 13. The first-order valence-electron chi connectivity index (χ1n) is 23.5. The maximum Gasteiger partial charge on any atom is 0.293 e. The van der Waals surface area contributed by atoms with Crippen LogP contribution in [0.15, 0.2) is 100 Å². The SMILES string of the molecule is CC(CCN1CCC(N=S(C)(C)=O)CC1)Nc1ccc(S(=O)(=O)NC(=O)c2ccc(N3CCN(CC4=C(c5ccc(Cl)cc5)CC(C)(C)CC4)CC3)cc2Oc2cnc3[nH]ccc3c2)cc1[N+](=O)[O-]. The van der Waals surface area contributed by atoms with Crippen LogP contribution in [0, 0.1) is 15.5 Å². The number of ether oxygens (including phenoxy) is 1. The van der Waals surface area contributed by atoms with E-state index in [1.165, 1.54) is 35.0 Å². The quantitative estimate of drug-likeness (QED) is 0.0627. The van der Waals surface area contributed by atoms with Gasteiger partial charge in [-0.25, -0.2) is 22.5 Å². The highest BCUT2D eigenvalue weighted by Crippen LogP contribution is 2.43. The largest absolute Gasteiger partial charge is 0.455 e. The van der Waals surface area contributed by atoms with Gasteiger partial charge in [0, 0.05) is 115 Å². The first-order chi connectivity index (χ1) is 32.8. The summed E-state index contributed by atoms with van der Waals surface area (Å²) in [6.45, 7) is 12.9. The van der Waals surface area contributed by atoms with Crippen molar-refractivity contribution in [3.8, 4) is 11.5 Å². The molecular weight excluding hydrogens is 938 g/mol. The van der Waals surface area contributed by atoms with E-state index >= 15 is 0 Å². The number of sulfonamides is 1. The standard InChI is InChI=1S/C50H62ClN9O7S2/c1-34(16-21-57-22-17-39(18-23-57)55-68(4,5)64)54-45-13-11-42(30-46(45)60(62)63)69(65,66)56-49(61)43-12-10-40(29-47(43)67-41-28-36-15-20-52-48(36)53-32-41)59-26-24-58(25-27-59)33-37-14-19-50(2,3)31-44(37)35-6-8-38(51)9-7-35/h6-13,15,20,28-30,32,34,39,54H,14,16-19,21-27,31,33H2,1-5H3,(H,52,53)(H,56,61). The van der Waals surface area contributed by atoms with Crippen LogP contribution in [0.4, 0.5) is 17.1 Å². The van der Waals surface area contributed by atoms with E-state index in [1.54, 1.807) is 43.0 Å². The molecule has 368 valence electrons. The third-order valence-corrected chi connectivity index (χ3v) is 15.7. The number of fused-ring (bicyclic) bond motifs is 1. The van der Waals surface area contributed by atoms with E-state index in [-0.39, 0.29) is 34.5 Å². The molecule has 2 aliphatic heterocycles. The zero-order valence-corrected chi connectivity index (χ0v) is 42.3. The van der Waals surface area contributed by atoms with Gasteiger partial charge in [-0.3, -0.25) is 24.0 Å². The minimum Gasteiger partial charge on any atom is -0.455 e. The zero-order valence-electron chi connectivity index (χ0n) is 39.9. The summed E-state index contributed by atoms with van der Waals surface area (Å²) in [6.07, 6.45) is 12.1. The molecule has 1 atom stereocenters. The van der Waals surface area contributed by atoms with Gasteiger partial charge in [-0.1, -0.05) is 43.2 Å². The van der Waals surface area contributed by atoms with Gasteiger partial charge < -0.3 is 24.8 Å². The smallest absolute Gasteiger partial charge is 0.293 e. The minimum atomic E-state index is -4.60. The number of anilines is 2. The molecule has 4 heterocycles. The number of pyridine rings is 1. The summed E-state index contributed by atoms with van der Waals surface area (Å²) in [7, 11) is -6.76. The topological polar surface area (TPSA) is 195 Å². The normalized spacial score (nSPS) is 18.0. The first-order valence-corrected chi connectivity index (χ1v) is 27.7. The number of nitro benzene ring substituents is 1. The van der Waals surface area contributed by atoms with E-state index in [1.807, 2.05) is 25.1 Å². The van der Waals surface area contributed by atoms with Crippen LogP contribution in [0.2, 0.25) is 5.02 Å². The Labute approximate surface area is 410 Å². The average Bonchev–Trinajstić information content (AvgIpc) is 3.77. The van der Waals surface area contributed by atoms with Gasteiger partial charge in [-0.05, 0) is 111 Å². The van der Waals surface area contributed by atoms with E-state index in [4.69, 9.17) is 16.3 Å². The fraction of sp³-hybridized carbons (Fsp3) is 0.440. The molecule has 69 heavy (non-hydrogen) atoms. The minimum absolute atomic E-state index is 0.0485. The number of piperazine rings is 1. The van der Waals surface area contributed by atoms with Crippen LogP contribution in [-0.4, -0.2) is 120 Å². The predicted molar refractivity (Wildman–Crippen MR) is 275 cm³/mol. The molecule has 1 aliphatic carbocycles. The second-order valence-electron chi connectivity index (χ2n) is 19.6. The lowest BCUT2D eigenvalue weighted by atomic mass is 9.72. The van der Waals surface area contributed by atoms with Crippen LogP contribution in [0.25, 0.3) is 16.6 Å². The Hall–Kier alpha value is -5.53. The Kier molecular flexibility index (Phi) is 15.1. The monoisotopic (exact) mass is 999 g/mol. The van der Waals surface area contributed by atoms with Crippen LogP contribution in [-0.2, 0) is 19.8 Å². The van der Waals surface area contributed by atoms with Gasteiger partial charge in [0.25, 0.3) is 21.6 Å². The number of carbonyl (C=O) groups excluding carboxylic acids is 1. The number of amides is 1. The van der Waals surface area contributed by atoms with E-state index in [2.05, 4.69) is 65.0 Å². The summed E-state index contributed by atoms with van der Waals surface area (Å²) < 4.78 is 52.7. The number of allylic oxidation sites excluding steroid dienone is 1. The molecule has 0 saturated carbocycles. The summed E-state index contributed by atoms with van der Waals surface area (Å²) in [6, 6.07) is 20.3. The average molecular weight is 1000 g/mol. The predicted octanol–water partition coefficient (Wildman–Crippen LogP) is 9.20. The van der Waals surface area contributed by atoms with Gasteiger partial charge in [0.15, 0.2) is 0 Å². The second kappa shape index (κ2) is 20.8. The number of H-pyrrole nitrogens is 1. The summed E-state index contributed by atoms with van der Waals surface area (Å²) in [5.74, 6) is -0.504. The Morgan fingerprint density at radius 3 is 2.43 bits per heavy atom. The van der Waals surface area contributed by atoms with Crippen LogP contribution < -0.4 is 19.7 Å². The molecule has 2 aromatic heterocycles. The lowest BCUT2D eigenvalue weighted by molar-refractivity contribution is -0.384. The first kappa shape index (κ1) is 49.9. The molecule has 19 heteroatoms. The number of nitrogens with zero attached hydrogens (tertiary/aromatic N) is 6. The molecule has 8 rings (SSSR count). The molecule has 3 aromatic carbocycles. The molecule has 0 bridgehead atoms. The van der Waals surface area contributed by atoms with Crippen molar-refractivity contribution in [2.24, 2.45) is 9.78 Å². The number of hydrogen-bond donors (Lipinski definition) is 3. The molecule has 0 spiro atoms. The van der Waals surface area contributed by atoms with Gasteiger partial charge in [-0.15, -0.1) is 0 Å². The van der Waals surface area contributed by atoms with Crippen molar-refractivity contribution in [3.05, 3.63) is 117 Å². The molecule has 16 nitrogen and oxygen atoms in total. The van der Waals surface area contributed by atoms with Crippen molar-refractivity contribution in [1.82, 2.24) is 24.5 Å². The van der Waals surface area contributed by atoms with Gasteiger partial charge >= 0.3 is 0 Å². The number of nitrogens with one attached hydrogen (secondary N) is 3. The van der Waals surface area contributed by atoms with Crippen LogP contribution in [0.3, 0.4) is 0 Å². The number of benzene rings is 3. The summed E-state index contributed by atoms with van der Waals surface area (Å²) >= 11 is 6.25. The van der Waals surface area contributed by atoms with Gasteiger partial charge in [0.05, 0.1) is 27.6 Å². The number of likely N-dealkylation sites (tertiary alicyclic amines) is 1. The second-order valence-corrected chi connectivity index (χ2v) is 24.3. The fourth-order valence-corrected chi connectivity index (χ4v) is 11.5. The highest BCUT2D eigenvalue weighted by molar-refractivity contribution is 7.92. The van der Waals surface area contributed by atoms with Crippen molar-refractivity contribution in [2.45, 2.75) is 76.3 Å². The molecule has 3 N–H and O–H groups in total. The van der Waals surface area contributed by atoms with Crippen molar-refractivity contribution < 1.29 is 27.1 Å². The van der Waals surface area contributed by atoms with Gasteiger partial charge in [0.1, 0.15) is 22.8 Å². The number of nitro groups is 1. The van der Waals surface area contributed by atoms with E-state index in [0.29, 0.717) is 30.9 Å². The number of aromatic nitrogens is 2. The van der Waals surface area contributed by atoms with E-state index in [0.717, 1.165) is 93.5 Å². The summed E-state index contributed by atoms with van der Waals surface area (Å²) in [5.41, 5.74) is 5.44. The molecule has 0 radical (unpaired) electrons. The van der Waals surface area contributed by atoms with Crippen molar-refractivity contribution in [3.63, 3.8) is 0 Å². The lowest BCUT2D eigenvalue weighted by Crippen LogP contribution is -2.47. The number of carbonyl (C=O) groups is 1. The van der Waals surface area contributed by atoms with Crippen LogP contribution >= 0.6 is 11.6 Å². The third-order valence-electron chi connectivity index (χ3n) is 13.3. The highest BCUT2D eigenvalue weighted by Gasteiger charge is 2.31. The highest BCUT2D eigenvalue weighted by atomic mass is 35.5. The maximum atomic E-state index is 14.0. The molecule has 5 aromatic rings. The molecule has 1 unspecified atom stereocenters. The Bertz CT molecular complexity index is 2960. The molecule has 1 amide bonds. The van der Waals surface area contributed by atoms with Gasteiger partial charge in [-0.2, -0.15) is 0 Å². The number of piperidine rings is 1.